The first-order valence-corrected chi connectivity index (χ1v) is 9.65. The highest BCUT2D eigenvalue weighted by Crippen LogP contribution is 2.65. The smallest absolute Gasteiger partial charge is 0.139 e. The third-order valence-corrected chi connectivity index (χ3v) is 8.14. The van der Waals surface area contributed by atoms with Crippen LogP contribution in [0, 0.1) is 28.6 Å². The Balaban J connectivity index is 1.78. The van der Waals surface area contributed by atoms with Gasteiger partial charge in [0.1, 0.15) is 11.6 Å². The molecule has 0 bridgehead atoms. The zero-order valence-corrected chi connectivity index (χ0v) is 15.3. The first-order valence-electron chi connectivity index (χ1n) is 9.65. The van der Waals surface area contributed by atoms with Gasteiger partial charge in [-0.2, -0.15) is 0 Å². The van der Waals surface area contributed by atoms with E-state index >= 15 is 0 Å². The number of ketones is 2. The second-order valence-corrected chi connectivity index (χ2v) is 9.06. The van der Waals surface area contributed by atoms with Crippen LogP contribution in [-0.4, -0.2) is 25.3 Å². The summed E-state index contributed by atoms with van der Waals surface area (Å²) >= 11 is 0. The lowest BCUT2D eigenvalue weighted by atomic mass is 9.46. The van der Waals surface area contributed by atoms with Crippen molar-refractivity contribution in [3.63, 3.8) is 0 Å². The van der Waals surface area contributed by atoms with E-state index in [4.69, 9.17) is 4.74 Å². The topological polar surface area (TPSA) is 43.4 Å². The van der Waals surface area contributed by atoms with Gasteiger partial charge in [-0.05, 0) is 56.8 Å². The predicted octanol–water partition coefficient (Wildman–Crippen LogP) is 4.10. The zero-order chi connectivity index (χ0) is 17.1. The Morgan fingerprint density at radius 3 is 2.67 bits per heavy atom. The minimum Gasteiger partial charge on any atom is -0.384 e. The van der Waals surface area contributed by atoms with Gasteiger partial charge in [0, 0.05) is 37.2 Å². The number of methoxy groups -OCH3 is 1. The largest absolute Gasteiger partial charge is 0.384 e. The molecule has 0 N–H and O–H groups in total. The Morgan fingerprint density at radius 1 is 1.12 bits per heavy atom. The summed E-state index contributed by atoms with van der Waals surface area (Å²) in [5, 5.41) is 0. The fraction of sp³-hybridized carbons (Fsp3) is 0.810. The highest BCUT2D eigenvalue weighted by atomic mass is 16.5. The van der Waals surface area contributed by atoms with Gasteiger partial charge in [0.2, 0.25) is 0 Å². The fourth-order valence-electron chi connectivity index (χ4n) is 6.99. The number of Topliss-reactive ketones (excluding diaryl/α,β-unsaturated/α-hetero) is 2. The second-order valence-electron chi connectivity index (χ2n) is 9.06. The van der Waals surface area contributed by atoms with E-state index in [0.717, 1.165) is 45.1 Å². The first kappa shape index (κ1) is 16.5. The number of hydrogen-bond donors (Lipinski definition) is 0. The lowest BCUT2D eigenvalue weighted by molar-refractivity contribution is -0.134. The molecule has 0 aromatic rings. The SMILES string of the molecule is COC[C@]12CCC(=O)CC1=C(C)C[C@@H]1[C@@H]2CC[C@]2(C)C(=O)CC[C@@H]12. The Bertz CT molecular complexity index is 619. The second kappa shape index (κ2) is 5.52. The van der Waals surface area contributed by atoms with Crippen molar-refractivity contribution >= 4 is 11.6 Å². The molecular formula is C21H30O3. The Kier molecular flexibility index (Phi) is 3.80. The van der Waals surface area contributed by atoms with Gasteiger partial charge in [0.05, 0.1) is 6.61 Å². The van der Waals surface area contributed by atoms with Crippen molar-refractivity contribution < 1.29 is 14.3 Å². The number of carbonyl (C=O) groups excluding carboxylic acids is 2. The summed E-state index contributed by atoms with van der Waals surface area (Å²) in [6.45, 7) is 5.20. The molecule has 3 fully saturated rings. The maximum absolute atomic E-state index is 12.5. The minimum atomic E-state index is -0.0856. The fourth-order valence-corrected chi connectivity index (χ4v) is 6.99. The van der Waals surface area contributed by atoms with Crippen LogP contribution < -0.4 is 0 Å². The molecule has 0 saturated heterocycles. The molecule has 0 aliphatic heterocycles. The molecule has 3 saturated carbocycles. The molecule has 4 aliphatic rings. The Morgan fingerprint density at radius 2 is 1.92 bits per heavy atom. The van der Waals surface area contributed by atoms with Gasteiger partial charge in [0.25, 0.3) is 0 Å². The lowest BCUT2D eigenvalue weighted by Gasteiger charge is -2.58. The molecule has 0 radical (unpaired) electrons. The number of rotatable bonds is 2. The van der Waals surface area contributed by atoms with E-state index in [1.54, 1.807) is 7.11 Å². The van der Waals surface area contributed by atoms with E-state index in [2.05, 4.69) is 13.8 Å². The summed E-state index contributed by atoms with van der Waals surface area (Å²) in [4.78, 5) is 24.7. The molecule has 4 rings (SSSR count). The van der Waals surface area contributed by atoms with Crippen LogP contribution in [0.4, 0.5) is 0 Å². The van der Waals surface area contributed by atoms with Crippen LogP contribution in [0.5, 0.6) is 0 Å². The van der Waals surface area contributed by atoms with Crippen LogP contribution >= 0.6 is 0 Å². The van der Waals surface area contributed by atoms with Crippen molar-refractivity contribution in [1.29, 1.82) is 0 Å². The van der Waals surface area contributed by atoms with E-state index < -0.39 is 0 Å². The highest BCUT2D eigenvalue weighted by molar-refractivity contribution is 5.87. The average Bonchev–Trinajstić information content (AvgIpc) is 2.85. The summed E-state index contributed by atoms with van der Waals surface area (Å²) in [5.41, 5.74) is 2.79. The predicted molar refractivity (Wildman–Crippen MR) is 92.5 cm³/mol. The molecule has 4 aliphatic carbocycles. The van der Waals surface area contributed by atoms with E-state index in [0.29, 0.717) is 42.2 Å². The van der Waals surface area contributed by atoms with Crippen molar-refractivity contribution in [2.75, 3.05) is 13.7 Å². The molecule has 132 valence electrons. The van der Waals surface area contributed by atoms with Crippen LogP contribution in [0.2, 0.25) is 0 Å². The summed E-state index contributed by atoms with van der Waals surface area (Å²) in [5.74, 6) is 2.62. The first-order chi connectivity index (χ1) is 11.4. The summed E-state index contributed by atoms with van der Waals surface area (Å²) in [6, 6.07) is 0. The van der Waals surface area contributed by atoms with Gasteiger partial charge in [-0.15, -0.1) is 0 Å². The highest BCUT2D eigenvalue weighted by Gasteiger charge is 2.60. The average molecular weight is 330 g/mol. The maximum Gasteiger partial charge on any atom is 0.139 e. The molecule has 0 spiro atoms. The van der Waals surface area contributed by atoms with E-state index in [9.17, 15) is 9.59 Å². The summed E-state index contributed by atoms with van der Waals surface area (Å²) in [6.07, 6.45) is 7.37. The molecule has 24 heavy (non-hydrogen) atoms. The summed E-state index contributed by atoms with van der Waals surface area (Å²) < 4.78 is 5.72. The number of allylic oxidation sites excluding steroid dienone is 1. The van der Waals surface area contributed by atoms with Gasteiger partial charge < -0.3 is 4.74 Å². The van der Waals surface area contributed by atoms with Gasteiger partial charge in [-0.1, -0.05) is 18.1 Å². The van der Waals surface area contributed by atoms with Crippen LogP contribution in [0.1, 0.15) is 65.2 Å². The minimum absolute atomic E-state index is 0.0582. The van der Waals surface area contributed by atoms with Crippen molar-refractivity contribution in [2.24, 2.45) is 28.6 Å². The van der Waals surface area contributed by atoms with Crippen LogP contribution in [0.3, 0.4) is 0 Å². The molecular weight excluding hydrogens is 300 g/mol. The molecule has 3 heteroatoms. The molecule has 0 unspecified atom stereocenters. The van der Waals surface area contributed by atoms with Crippen molar-refractivity contribution in [1.82, 2.24) is 0 Å². The number of fused-ring (bicyclic) bond motifs is 5. The number of hydrogen-bond acceptors (Lipinski definition) is 3. The van der Waals surface area contributed by atoms with Gasteiger partial charge in [-0.25, -0.2) is 0 Å². The van der Waals surface area contributed by atoms with Crippen LogP contribution in [-0.2, 0) is 14.3 Å². The summed E-state index contributed by atoms with van der Waals surface area (Å²) in [7, 11) is 1.80. The molecule has 0 aromatic carbocycles. The van der Waals surface area contributed by atoms with Crippen LogP contribution in [0.25, 0.3) is 0 Å². The van der Waals surface area contributed by atoms with Gasteiger partial charge in [0.15, 0.2) is 0 Å². The number of carbonyl (C=O) groups is 2. The molecule has 3 nitrogen and oxygen atoms in total. The van der Waals surface area contributed by atoms with E-state index in [1.165, 1.54) is 11.1 Å². The van der Waals surface area contributed by atoms with Crippen molar-refractivity contribution in [3.05, 3.63) is 11.1 Å². The quantitative estimate of drug-likeness (QED) is 0.716. The van der Waals surface area contributed by atoms with E-state index in [-0.39, 0.29) is 10.8 Å². The van der Waals surface area contributed by atoms with E-state index in [1.807, 2.05) is 0 Å². The Labute approximate surface area is 145 Å². The van der Waals surface area contributed by atoms with Crippen LogP contribution in [0.15, 0.2) is 11.1 Å². The maximum atomic E-state index is 12.5. The molecule has 5 atom stereocenters. The standard InChI is InChI=1S/C21H30O3/c1-13-10-15-16-4-5-19(23)20(16,2)8-7-17(15)21(12-24-3)9-6-14(22)11-18(13)21/h15-17H,4-12H2,1-3H3/t15-,16-,17-,20-,21-/m0/s1. The molecule has 0 amide bonds. The zero-order valence-electron chi connectivity index (χ0n) is 15.3. The Hall–Kier alpha value is -0.960. The van der Waals surface area contributed by atoms with Gasteiger partial charge in [-0.3, -0.25) is 9.59 Å². The molecule has 0 aromatic heterocycles. The van der Waals surface area contributed by atoms with Gasteiger partial charge >= 0.3 is 0 Å². The third kappa shape index (κ3) is 2.06. The molecule has 0 heterocycles. The van der Waals surface area contributed by atoms with Crippen molar-refractivity contribution in [2.45, 2.75) is 65.2 Å². The lowest BCUT2D eigenvalue weighted by Crippen LogP contribution is -2.53. The van der Waals surface area contributed by atoms with Crippen molar-refractivity contribution in [3.8, 4) is 0 Å². The number of ether oxygens (including phenoxy) is 1. The third-order valence-electron chi connectivity index (χ3n) is 8.14. The monoisotopic (exact) mass is 330 g/mol. The normalized spacial score (nSPS) is 45.0.